The van der Waals surface area contributed by atoms with Crippen molar-refractivity contribution in [3.63, 3.8) is 0 Å². The van der Waals surface area contributed by atoms with Crippen LogP contribution in [0.5, 0.6) is 0 Å². The van der Waals surface area contributed by atoms with Crippen molar-refractivity contribution in [3.8, 4) is 0 Å². The molecule has 0 radical (unpaired) electrons. The van der Waals surface area contributed by atoms with Crippen LogP contribution in [-0.4, -0.2) is 56.4 Å². The monoisotopic (exact) mass is 181 g/mol. The average molecular weight is 181 g/mol. The molecule has 72 valence electrons. The lowest BCUT2D eigenvalue weighted by atomic mass is 10.1. The first-order valence-corrected chi connectivity index (χ1v) is 3.22. The Labute approximate surface area is 70.1 Å². The maximum atomic E-state index is 10.1. The Morgan fingerprint density at radius 3 is 2.25 bits per heavy atom. The molecule has 0 saturated heterocycles. The van der Waals surface area contributed by atoms with Crippen LogP contribution in [0.15, 0.2) is 0 Å². The van der Waals surface area contributed by atoms with Crippen molar-refractivity contribution in [2.45, 2.75) is 24.7 Å². The van der Waals surface area contributed by atoms with Crippen LogP contribution in [0.2, 0.25) is 0 Å². The van der Waals surface area contributed by atoms with E-state index in [-0.39, 0.29) is 0 Å². The summed E-state index contributed by atoms with van der Waals surface area (Å²) >= 11 is 0. The molecule has 0 aromatic heterocycles. The number of aliphatic hydroxyl groups excluding tert-OH is 3. The lowest BCUT2D eigenvalue weighted by Crippen LogP contribution is -2.40. The first kappa shape index (κ1) is 9.40. The minimum Gasteiger partial charge on any atom is -0.481 e. The second-order valence-electron chi connectivity index (χ2n) is 2.26. The fourth-order valence-electron chi connectivity index (χ4n) is 0.606. The Kier molecular flexibility index (Phi) is 3.95. The van der Waals surface area contributed by atoms with E-state index < -0.39 is 37.3 Å². The number of carboxylic acids is 1. The first-order valence-electron chi connectivity index (χ1n) is 3.72. The summed E-state index contributed by atoms with van der Waals surface area (Å²) in [5.41, 5.74) is 0. The third kappa shape index (κ3) is 3.63. The number of hydrogen-bond donors (Lipinski definition) is 5. The van der Waals surface area contributed by atoms with Gasteiger partial charge in [0.2, 0.25) is 0 Å². The molecule has 0 fully saturated rings. The van der Waals surface area contributed by atoms with Crippen molar-refractivity contribution in [1.82, 2.24) is 0 Å². The molecule has 0 aromatic carbocycles. The van der Waals surface area contributed by atoms with Crippen LogP contribution < -0.4 is 0 Å². The van der Waals surface area contributed by atoms with E-state index in [9.17, 15) is 4.79 Å². The van der Waals surface area contributed by atoms with Crippen LogP contribution in [0.3, 0.4) is 0 Å². The Morgan fingerprint density at radius 2 is 1.92 bits per heavy atom. The van der Waals surface area contributed by atoms with Gasteiger partial charge in [-0.15, -0.1) is 0 Å². The normalized spacial score (nSPS) is 22.2. The molecule has 0 saturated carbocycles. The summed E-state index contributed by atoms with van der Waals surface area (Å²) in [7, 11) is 0. The summed E-state index contributed by atoms with van der Waals surface area (Å²) in [6.45, 7) is -1.09. The quantitative estimate of drug-likeness (QED) is 0.321. The molecule has 3 atom stereocenters. The zero-order valence-corrected chi connectivity index (χ0v) is 6.21. The Bertz CT molecular complexity index is 182. The molecule has 0 aliphatic rings. The van der Waals surface area contributed by atoms with Crippen LogP contribution in [0.25, 0.3) is 0 Å². The number of rotatable bonds is 5. The molecule has 0 unspecified atom stereocenters. The summed E-state index contributed by atoms with van der Waals surface area (Å²) in [6.07, 6.45) is -7.25. The van der Waals surface area contributed by atoms with Gasteiger partial charge in [0.25, 0.3) is 0 Å². The molecule has 5 N–H and O–H groups in total. The number of carboxylic acid groups (broad SMARTS) is 1. The molecular formula is C6H12O6. The molecule has 0 aromatic rings. The van der Waals surface area contributed by atoms with E-state index in [1.165, 1.54) is 0 Å². The van der Waals surface area contributed by atoms with E-state index in [1.54, 1.807) is 0 Å². The van der Waals surface area contributed by atoms with Crippen LogP contribution in [0.4, 0.5) is 0 Å². The third-order valence-corrected chi connectivity index (χ3v) is 1.25. The van der Waals surface area contributed by atoms with E-state index >= 15 is 0 Å². The molecule has 6 heteroatoms. The standard InChI is InChI=1S/C6H12O6/c7-2-4(9)6(12)3(8)1-5(10)11/h3-4,6-9,12H,1-2H2,(H,10,11)/t3-,4-,6+/m1/s1/i4D. The molecule has 0 aliphatic heterocycles. The lowest BCUT2D eigenvalue weighted by Gasteiger charge is -2.19. The van der Waals surface area contributed by atoms with E-state index in [2.05, 4.69) is 0 Å². The van der Waals surface area contributed by atoms with Gasteiger partial charge < -0.3 is 25.5 Å². The SMILES string of the molecule is [2H][C@@](O)(CO)[C@@H](O)[C@H](O)CC(=O)O. The van der Waals surface area contributed by atoms with Crippen molar-refractivity contribution in [3.05, 3.63) is 0 Å². The highest BCUT2D eigenvalue weighted by atomic mass is 16.4. The summed E-state index contributed by atoms with van der Waals surface area (Å²) in [4.78, 5) is 10.1. The van der Waals surface area contributed by atoms with Gasteiger partial charge in [-0.1, -0.05) is 0 Å². The Hall–Kier alpha value is -0.690. The number of hydrogen-bond acceptors (Lipinski definition) is 5. The Balaban J connectivity index is 4.24. The molecule has 0 aliphatic carbocycles. The summed E-state index contributed by atoms with van der Waals surface area (Å²) in [5.74, 6) is -1.37. The summed E-state index contributed by atoms with van der Waals surface area (Å²) in [6, 6.07) is 0. The summed E-state index contributed by atoms with van der Waals surface area (Å²) in [5, 5.41) is 43.4. The van der Waals surface area contributed by atoms with Crippen molar-refractivity contribution in [1.29, 1.82) is 0 Å². The fraction of sp³-hybridized carbons (Fsp3) is 0.833. The van der Waals surface area contributed by atoms with Gasteiger partial charge in [-0.25, -0.2) is 0 Å². The summed E-state index contributed by atoms with van der Waals surface area (Å²) < 4.78 is 6.86. The minimum atomic E-state index is -2.64. The van der Waals surface area contributed by atoms with E-state index in [0.717, 1.165) is 0 Å². The second-order valence-corrected chi connectivity index (χ2v) is 2.26. The predicted octanol–water partition coefficient (Wildman–Crippen LogP) is -2.46. The van der Waals surface area contributed by atoms with Gasteiger partial charge in [-0.05, 0) is 0 Å². The molecular weight excluding hydrogens is 168 g/mol. The molecule has 0 spiro atoms. The highest BCUT2D eigenvalue weighted by Crippen LogP contribution is 2.03. The van der Waals surface area contributed by atoms with Gasteiger partial charge >= 0.3 is 5.97 Å². The minimum absolute atomic E-state index is 0.803. The highest BCUT2D eigenvalue weighted by molar-refractivity contribution is 5.67. The van der Waals surface area contributed by atoms with E-state index in [4.69, 9.17) is 26.9 Å². The van der Waals surface area contributed by atoms with Gasteiger partial charge in [0.1, 0.15) is 12.2 Å². The molecule has 0 amide bonds. The van der Waals surface area contributed by atoms with E-state index in [0.29, 0.717) is 0 Å². The van der Waals surface area contributed by atoms with Crippen LogP contribution in [0.1, 0.15) is 7.79 Å². The fourth-order valence-corrected chi connectivity index (χ4v) is 0.606. The largest absolute Gasteiger partial charge is 0.481 e. The average Bonchev–Trinajstić information content (AvgIpc) is 2.01. The van der Waals surface area contributed by atoms with Crippen molar-refractivity contribution >= 4 is 5.97 Å². The predicted molar refractivity (Wildman–Crippen MR) is 37.4 cm³/mol. The smallest absolute Gasteiger partial charge is 0.306 e. The van der Waals surface area contributed by atoms with Gasteiger partial charge in [0.05, 0.1) is 20.5 Å². The lowest BCUT2D eigenvalue weighted by molar-refractivity contribution is -0.143. The second kappa shape index (κ2) is 5.04. The third-order valence-electron chi connectivity index (χ3n) is 1.25. The van der Waals surface area contributed by atoms with Gasteiger partial charge in [0, 0.05) is 0 Å². The number of aliphatic hydroxyl groups is 4. The first-order chi connectivity index (χ1) is 5.81. The highest BCUT2D eigenvalue weighted by Gasteiger charge is 2.25. The molecule has 0 heterocycles. The van der Waals surface area contributed by atoms with Crippen molar-refractivity contribution in [2.24, 2.45) is 0 Å². The molecule has 6 nitrogen and oxygen atoms in total. The zero-order chi connectivity index (χ0) is 10.6. The number of carbonyl (C=O) groups is 1. The molecule has 0 bridgehead atoms. The van der Waals surface area contributed by atoms with Gasteiger partial charge in [0.15, 0.2) is 0 Å². The van der Waals surface area contributed by atoms with Gasteiger partial charge in [-0.2, -0.15) is 0 Å². The van der Waals surface area contributed by atoms with Crippen LogP contribution in [-0.2, 0) is 4.79 Å². The van der Waals surface area contributed by atoms with Crippen molar-refractivity contribution < 1.29 is 31.7 Å². The number of aliphatic carboxylic acids is 1. The van der Waals surface area contributed by atoms with Gasteiger partial charge in [-0.3, -0.25) is 4.79 Å². The zero-order valence-electron chi connectivity index (χ0n) is 7.21. The van der Waals surface area contributed by atoms with Crippen LogP contribution >= 0.6 is 0 Å². The van der Waals surface area contributed by atoms with E-state index in [1.807, 2.05) is 0 Å². The Morgan fingerprint density at radius 1 is 1.42 bits per heavy atom. The molecule has 12 heavy (non-hydrogen) atoms. The maximum Gasteiger partial charge on any atom is 0.306 e. The maximum absolute atomic E-state index is 10.1. The van der Waals surface area contributed by atoms with Crippen LogP contribution in [0, 0.1) is 0 Å². The topological polar surface area (TPSA) is 118 Å². The van der Waals surface area contributed by atoms with Crippen molar-refractivity contribution in [2.75, 3.05) is 6.61 Å². The molecule has 0 rings (SSSR count).